The van der Waals surface area contributed by atoms with Crippen molar-refractivity contribution in [3.63, 3.8) is 0 Å². The van der Waals surface area contributed by atoms with E-state index in [1.165, 1.54) is 44.2 Å². The summed E-state index contributed by atoms with van der Waals surface area (Å²) in [6, 6.07) is 14.2. The second kappa shape index (κ2) is 13.4. The molecule has 0 amide bonds. The predicted molar refractivity (Wildman–Crippen MR) is 130 cm³/mol. The van der Waals surface area contributed by atoms with Crippen LogP contribution in [0, 0.1) is 5.41 Å². The van der Waals surface area contributed by atoms with E-state index in [2.05, 4.69) is 6.92 Å². The summed E-state index contributed by atoms with van der Waals surface area (Å²) in [6.07, 6.45) is 3.17. The zero-order valence-electron chi connectivity index (χ0n) is 20.5. The molecule has 2 aromatic rings. The predicted octanol–water partition coefficient (Wildman–Crippen LogP) is 8.76. The van der Waals surface area contributed by atoms with E-state index >= 15 is 0 Å². The van der Waals surface area contributed by atoms with Crippen molar-refractivity contribution in [1.82, 2.24) is 0 Å². The van der Waals surface area contributed by atoms with Crippen molar-refractivity contribution in [2.75, 3.05) is 6.61 Å². The van der Waals surface area contributed by atoms with Crippen molar-refractivity contribution in [3.05, 3.63) is 48.5 Å². The number of benzene rings is 2. The van der Waals surface area contributed by atoms with Crippen LogP contribution in [0.4, 0.5) is 13.2 Å². The molecule has 0 fully saturated rings. The van der Waals surface area contributed by atoms with Crippen LogP contribution in [0.15, 0.2) is 48.5 Å². The molecule has 0 aliphatic heterocycles. The minimum absolute atomic E-state index is 0.0969. The molecule has 0 radical (unpaired) electrons. The lowest BCUT2D eigenvalue weighted by molar-refractivity contribution is -0.226. The molecule has 0 aliphatic rings. The smallest absolute Gasteiger partial charge is 0.404 e. The highest BCUT2D eigenvalue weighted by molar-refractivity contribution is 5.80. The van der Waals surface area contributed by atoms with Gasteiger partial charge in [0.25, 0.3) is 0 Å². The topological polar surface area (TPSA) is 35.5 Å². The summed E-state index contributed by atoms with van der Waals surface area (Å²) < 4.78 is 51.6. The summed E-state index contributed by atoms with van der Waals surface area (Å²) in [6.45, 7) is 5.60. The van der Waals surface area contributed by atoms with Crippen LogP contribution < -0.4 is 9.47 Å². The van der Waals surface area contributed by atoms with Crippen LogP contribution in [-0.2, 0) is 4.79 Å². The van der Waals surface area contributed by atoms with E-state index in [0.29, 0.717) is 19.4 Å². The third-order valence-corrected chi connectivity index (χ3v) is 6.13. The molecule has 1 atom stereocenters. The summed E-state index contributed by atoms with van der Waals surface area (Å²) in [5.41, 5.74) is -0.716. The van der Waals surface area contributed by atoms with Gasteiger partial charge < -0.3 is 9.47 Å². The Balaban J connectivity index is 1.92. The molecule has 0 bridgehead atoms. The number of alkyl halides is 3. The van der Waals surface area contributed by atoms with E-state index in [-0.39, 0.29) is 12.2 Å². The Kier molecular flexibility index (Phi) is 10.9. The maximum absolute atomic E-state index is 13.5. The molecular formula is C28H37F3O3. The average molecular weight is 479 g/mol. The van der Waals surface area contributed by atoms with Gasteiger partial charge in [-0.15, -0.1) is 0 Å². The highest BCUT2D eigenvalue weighted by Gasteiger charge is 2.57. The molecule has 0 N–H and O–H groups in total. The highest BCUT2D eigenvalue weighted by atomic mass is 19.4. The van der Waals surface area contributed by atoms with Crippen LogP contribution in [0.5, 0.6) is 11.5 Å². The summed E-state index contributed by atoms with van der Waals surface area (Å²) >= 11 is 0. The van der Waals surface area contributed by atoms with E-state index in [4.69, 9.17) is 9.47 Å². The van der Waals surface area contributed by atoms with Crippen LogP contribution >= 0.6 is 0 Å². The Bertz CT molecular complexity index is 860. The van der Waals surface area contributed by atoms with Crippen LogP contribution in [0.1, 0.15) is 78.6 Å². The maximum atomic E-state index is 13.5. The number of ether oxygens (including phenoxy) is 2. The number of carbonyl (C=O) groups excluding carboxylic acids is 1. The van der Waals surface area contributed by atoms with Gasteiger partial charge in [0.05, 0.1) is 6.61 Å². The number of halogens is 3. The van der Waals surface area contributed by atoms with Gasteiger partial charge in [-0.25, -0.2) is 0 Å². The number of rotatable bonds is 14. The first-order valence-corrected chi connectivity index (χ1v) is 12.3. The molecule has 6 heteroatoms. The lowest BCUT2D eigenvalue weighted by Crippen LogP contribution is -2.44. The molecular weight excluding hydrogens is 441 g/mol. The number of esters is 1. The van der Waals surface area contributed by atoms with Crippen LogP contribution in [-0.4, -0.2) is 18.8 Å². The number of hydrogen-bond donors (Lipinski definition) is 0. The Labute approximate surface area is 201 Å². The zero-order chi connectivity index (χ0) is 25.0. The Morgan fingerprint density at radius 3 is 1.76 bits per heavy atom. The van der Waals surface area contributed by atoms with E-state index < -0.39 is 17.6 Å². The van der Waals surface area contributed by atoms with Crippen LogP contribution in [0.25, 0.3) is 11.1 Å². The molecule has 34 heavy (non-hydrogen) atoms. The monoisotopic (exact) mass is 478 g/mol. The molecule has 188 valence electrons. The molecule has 0 aliphatic carbocycles. The molecule has 1 unspecified atom stereocenters. The van der Waals surface area contributed by atoms with Crippen molar-refractivity contribution >= 4 is 5.97 Å². The van der Waals surface area contributed by atoms with Crippen molar-refractivity contribution in [3.8, 4) is 22.6 Å². The van der Waals surface area contributed by atoms with Gasteiger partial charge in [-0.1, -0.05) is 83.1 Å². The van der Waals surface area contributed by atoms with E-state index in [1.54, 1.807) is 19.1 Å². The molecule has 0 aromatic heterocycles. The van der Waals surface area contributed by atoms with Gasteiger partial charge in [0, 0.05) is 0 Å². The minimum atomic E-state index is -4.67. The summed E-state index contributed by atoms with van der Waals surface area (Å²) in [5.74, 6) is -0.367. The number of unbranched alkanes of at least 4 members (excludes halogenated alkanes) is 6. The summed E-state index contributed by atoms with van der Waals surface area (Å²) in [7, 11) is 0. The quantitative estimate of drug-likeness (QED) is 0.155. The fourth-order valence-corrected chi connectivity index (χ4v) is 3.64. The second-order valence-electron chi connectivity index (χ2n) is 8.99. The van der Waals surface area contributed by atoms with Crippen LogP contribution in [0.2, 0.25) is 0 Å². The third-order valence-electron chi connectivity index (χ3n) is 6.13. The van der Waals surface area contributed by atoms with Gasteiger partial charge in [-0.2, -0.15) is 13.2 Å². The van der Waals surface area contributed by atoms with Crippen molar-refractivity contribution < 1.29 is 27.4 Å². The van der Waals surface area contributed by atoms with Gasteiger partial charge in [0.2, 0.25) is 0 Å². The number of hydrogen-bond acceptors (Lipinski definition) is 3. The van der Waals surface area contributed by atoms with E-state index in [0.717, 1.165) is 30.2 Å². The van der Waals surface area contributed by atoms with E-state index in [1.807, 2.05) is 24.3 Å². The molecule has 0 spiro atoms. The van der Waals surface area contributed by atoms with Crippen molar-refractivity contribution in [1.29, 1.82) is 0 Å². The minimum Gasteiger partial charge on any atom is -0.494 e. The van der Waals surface area contributed by atoms with Gasteiger partial charge in [0.1, 0.15) is 11.5 Å². The molecule has 2 aromatic carbocycles. The third kappa shape index (κ3) is 8.07. The lowest BCUT2D eigenvalue weighted by atomic mass is 9.84. The molecule has 0 heterocycles. The Morgan fingerprint density at radius 2 is 1.24 bits per heavy atom. The largest absolute Gasteiger partial charge is 0.494 e. The fraction of sp³-hybridized carbons (Fsp3) is 0.536. The van der Waals surface area contributed by atoms with Crippen molar-refractivity contribution in [2.45, 2.75) is 84.7 Å². The molecule has 0 saturated carbocycles. The normalized spacial score (nSPS) is 13.4. The highest BCUT2D eigenvalue weighted by Crippen LogP contribution is 2.43. The first-order valence-electron chi connectivity index (χ1n) is 12.3. The van der Waals surface area contributed by atoms with Gasteiger partial charge in [-0.05, 0) is 55.2 Å². The average Bonchev–Trinajstić information content (AvgIpc) is 2.82. The Morgan fingerprint density at radius 1 is 0.735 bits per heavy atom. The first-order chi connectivity index (χ1) is 16.2. The SMILES string of the molecule is CCCCCCCCOc1ccc(-c2ccc(OC(=O)C(C)(CCCC)C(F)(F)F)cc2)cc1. The van der Waals surface area contributed by atoms with Crippen molar-refractivity contribution in [2.24, 2.45) is 5.41 Å². The standard InChI is InChI=1S/C28H37F3O3/c1-4-6-8-9-10-11-21-33-24-16-12-22(13-17-24)23-14-18-25(19-15-23)34-26(32)27(3,20-7-5-2)28(29,30)31/h12-19H,4-11,20-21H2,1-3H3. The number of carbonyl (C=O) groups is 1. The summed E-state index contributed by atoms with van der Waals surface area (Å²) in [4.78, 5) is 12.4. The van der Waals surface area contributed by atoms with Gasteiger partial charge in [0.15, 0.2) is 5.41 Å². The second-order valence-corrected chi connectivity index (χ2v) is 8.99. The fourth-order valence-electron chi connectivity index (χ4n) is 3.64. The lowest BCUT2D eigenvalue weighted by Gasteiger charge is -2.29. The zero-order valence-corrected chi connectivity index (χ0v) is 20.5. The molecule has 2 rings (SSSR count). The Hall–Kier alpha value is -2.50. The molecule has 0 saturated heterocycles. The van der Waals surface area contributed by atoms with Gasteiger partial charge in [-0.3, -0.25) is 4.79 Å². The van der Waals surface area contributed by atoms with Gasteiger partial charge >= 0.3 is 12.1 Å². The van der Waals surface area contributed by atoms with E-state index in [9.17, 15) is 18.0 Å². The summed E-state index contributed by atoms with van der Waals surface area (Å²) in [5, 5.41) is 0. The van der Waals surface area contributed by atoms with Crippen LogP contribution in [0.3, 0.4) is 0 Å². The first kappa shape index (κ1) is 27.7. The molecule has 3 nitrogen and oxygen atoms in total. The maximum Gasteiger partial charge on any atom is 0.404 e.